The molecular weight excluding hydrogens is 485 g/mol. The number of nitrogens with zero attached hydrogens (tertiary/aromatic N) is 4. The Labute approximate surface area is 221 Å². The van der Waals surface area contributed by atoms with Crippen LogP contribution in [0.2, 0.25) is 5.02 Å². The van der Waals surface area contributed by atoms with Gasteiger partial charge in [0.2, 0.25) is 0 Å². The Morgan fingerprint density at radius 2 is 2.00 bits per heavy atom. The largest absolute Gasteiger partial charge is 0.370 e. The molecule has 5 nitrogen and oxygen atoms in total. The maximum Gasteiger partial charge on any atom is 0.150 e. The minimum absolute atomic E-state index is 0.549. The van der Waals surface area contributed by atoms with Crippen LogP contribution in [0.3, 0.4) is 0 Å². The summed E-state index contributed by atoms with van der Waals surface area (Å²) in [5.41, 5.74) is 4.29. The Kier molecular flexibility index (Phi) is 6.46. The number of rotatable bonds is 6. The molecule has 36 heavy (non-hydrogen) atoms. The van der Waals surface area contributed by atoms with Crippen LogP contribution in [0, 0.1) is 12.8 Å². The number of hydrogen-bond acceptors (Lipinski definition) is 5. The summed E-state index contributed by atoms with van der Waals surface area (Å²) in [6, 6.07) is 18.5. The van der Waals surface area contributed by atoms with E-state index >= 15 is 0 Å². The number of hydrogen-bond donors (Lipinski definition) is 1. The number of aromatic nitrogens is 3. The number of anilines is 1. The highest BCUT2D eigenvalue weighted by Crippen LogP contribution is 2.33. The average Bonchev–Trinajstić information content (AvgIpc) is 3.42. The molecule has 6 rings (SSSR count). The van der Waals surface area contributed by atoms with Crippen LogP contribution in [-0.4, -0.2) is 47.0 Å². The summed E-state index contributed by atoms with van der Waals surface area (Å²) in [5.74, 6) is 1.43. The lowest BCUT2D eigenvalue weighted by atomic mass is 9.97. The Bertz CT molecular complexity index is 1540. The van der Waals surface area contributed by atoms with Gasteiger partial charge in [0.25, 0.3) is 0 Å². The number of likely N-dealkylation sites (tertiary alicyclic amines) is 1. The summed E-state index contributed by atoms with van der Waals surface area (Å²) >= 11 is 8.41. The molecule has 3 aromatic heterocycles. The van der Waals surface area contributed by atoms with E-state index in [1.165, 1.54) is 33.4 Å². The SMILES string of the molecule is [B]c1cnn2c(NCC3CCCN(Cc4sc5ccccc5c4C)C3)cc(-c3ccccc3Cl)nc12. The molecular formula is C28H27BClN5S. The summed E-state index contributed by atoms with van der Waals surface area (Å²) in [5, 5.41) is 10.2. The molecule has 2 radical (unpaired) electrons. The summed E-state index contributed by atoms with van der Waals surface area (Å²) in [7, 11) is 6.19. The van der Waals surface area contributed by atoms with Gasteiger partial charge >= 0.3 is 0 Å². The van der Waals surface area contributed by atoms with Gasteiger partial charge in [-0.2, -0.15) is 9.61 Å². The third-order valence-corrected chi connectivity index (χ3v) is 8.72. The lowest BCUT2D eigenvalue weighted by molar-refractivity contribution is 0.174. The number of thiophene rings is 1. The van der Waals surface area contributed by atoms with Crippen molar-refractivity contribution in [3.63, 3.8) is 0 Å². The highest BCUT2D eigenvalue weighted by Gasteiger charge is 2.22. The summed E-state index contributed by atoms with van der Waals surface area (Å²) in [6.07, 6.45) is 4.07. The number of piperidine rings is 1. The maximum atomic E-state index is 6.48. The van der Waals surface area contributed by atoms with Gasteiger partial charge in [-0.05, 0) is 60.8 Å². The van der Waals surface area contributed by atoms with Crippen LogP contribution in [0.5, 0.6) is 0 Å². The molecule has 1 aliphatic heterocycles. The van der Waals surface area contributed by atoms with Gasteiger partial charge in [-0.25, -0.2) is 4.98 Å². The molecule has 180 valence electrons. The van der Waals surface area contributed by atoms with E-state index in [4.69, 9.17) is 24.4 Å². The van der Waals surface area contributed by atoms with Crippen LogP contribution in [0.25, 0.3) is 27.0 Å². The maximum absolute atomic E-state index is 6.48. The third-order valence-electron chi connectivity index (χ3n) is 7.13. The van der Waals surface area contributed by atoms with E-state index in [0.29, 0.717) is 22.1 Å². The Balaban J connectivity index is 1.19. The van der Waals surface area contributed by atoms with Crippen molar-refractivity contribution in [2.75, 3.05) is 25.0 Å². The molecule has 1 saturated heterocycles. The molecule has 0 amide bonds. The van der Waals surface area contributed by atoms with Gasteiger partial charge < -0.3 is 5.32 Å². The van der Waals surface area contributed by atoms with E-state index in [1.807, 2.05) is 41.7 Å². The van der Waals surface area contributed by atoms with Crippen LogP contribution < -0.4 is 10.8 Å². The van der Waals surface area contributed by atoms with E-state index in [1.54, 1.807) is 10.7 Å². The lowest BCUT2D eigenvalue weighted by Crippen LogP contribution is -2.37. The highest BCUT2D eigenvalue weighted by molar-refractivity contribution is 7.19. The van der Waals surface area contributed by atoms with E-state index in [9.17, 15) is 0 Å². The highest BCUT2D eigenvalue weighted by atomic mass is 35.5. The van der Waals surface area contributed by atoms with Crippen molar-refractivity contribution in [1.82, 2.24) is 19.5 Å². The zero-order chi connectivity index (χ0) is 24.6. The Morgan fingerprint density at radius 1 is 1.17 bits per heavy atom. The van der Waals surface area contributed by atoms with Crippen LogP contribution in [0.1, 0.15) is 23.3 Å². The second-order valence-corrected chi connectivity index (χ2v) is 11.2. The zero-order valence-corrected chi connectivity index (χ0v) is 21.8. The monoisotopic (exact) mass is 511 g/mol. The fourth-order valence-electron chi connectivity index (χ4n) is 5.20. The van der Waals surface area contributed by atoms with E-state index in [0.717, 1.165) is 43.3 Å². The van der Waals surface area contributed by atoms with Crippen LogP contribution in [0.15, 0.2) is 60.8 Å². The topological polar surface area (TPSA) is 45.5 Å². The molecule has 2 aromatic carbocycles. The minimum Gasteiger partial charge on any atom is -0.370 e. The van der Waals surface area contributed by atoms with Gasteiger partial charge in [-0.15, -0.1) is 11.3 Å². The van der Waals surface area contributed by atoms with Crippen molar-refractivity contribution in [1.29, 1.82) is 0 Å². The van der Waals surface area contributed by atoms with Gasteiger partial charge in [-0.1, -0.05) is 48.0 Å². The number of halogens is 1. The average molecular weight is 512 g/mol. The van der Waals surface area contributed by atoms with Gasteiger partial charge in [0.05, 0.1) is 5.69 Å². The molecule has 1 atom stereocenters. The van der Waals surface area contributed by atoms with E-state index < -0.39 is 0 Å². The molecule has 0 spiro atoms. The van der Waals surface area contributed by atoms with Crippen molar-refractivity contribution in [2.24, 2.45) is 5.92 Å². The first kappa shape index (κ1) is 23.5. The van der Waals surface area contributed by atoms with Crippen LogP contribution in [-0.2, 0) is 6.54 Å². The molecule has 1 N–H and O–H groups in total. The first-order valence-corrected chi connectivity index (χ1v) is 13.6. The molecule has 4 heterocycles. The van der Waals surface area contributed by atoms with Gasteiger partial charge in [0, 0.05) is 52.1 Å². The first-order chi connectivity index (χ1) is 17.6. The predicted molar refractivity (Wildman–Crippen MR) is 152 cm³/mol. The fraction of sp³-hybridized carbons (Fsp3) is 0.286. The second-order valence-electron chi connectivity index (χ2n) is 9.61. The van der Waals surface area contributed by atoms with E-state index in [-0.39, 0.29) is 0 Å². The predicted octanol–water partition coefficient (Wildman–Crippen LogP) is 5.69. The zero-order valence-electron chi connectivity index (χ0n) is 20.2. The molecule has 8 heteroatoms. The molecule has 0 saturated carbocycles. The lowest BCUT2D eigenvalue weighted by Gasteiger charge is -2.33. The molecule has 0 aliphatic carbocycles. The quantitative estimate of drug-likeness (QED) is 0.297. The van der Waals surface area contributed by atoms with Gasteiger partial charge in [-0.3, -0.25) is 4.90 Å². The van der Waals surface area contributed by atoms with Gasteiger partial charge in [0.15, 0.2) is 5.65 Å². The molecule has 0 bridgehead atoms. The number of fused-ring (bicyclic) bond motifs is 2. The normalized spacial score (nSPS) is 16.7. The standard InChI is InChI=1S/C28H27BClN5S/c1-18-20-8-3-5-11-25(20)36-26(18)17-34-12-6-7-19(16-34)14-31-27-13-24(21-9-2-4-10-23(21)30)33-28-22(29)15-32-35(27)28/h2-5,8-11,13,15,19,31H,6-7,12,14,16-17H2,1H3. The first-order valence-electron chi connectivity index (χ1n) is 12.4. The van der Waals surface area contributed by atoms with Gasteiger partial charge in [0.1, 0.15) is 13.7 Å². The molecule has 1 unspecified atom stereocenters. The van der Waals surface area contributed by atoms with Crippen molar-refractivity contribution >= 4 is 57.8 Å². The molecule has 1 aliphatic rings. The Hall–Kier alpha value is -2.87. The molecule has 5 aromatic rings. The minimum atomic E-state index is 0.549. The second kappa shape index (κ2) is 9.89. The fourth-order valence-corrected chi connectivity index (χ4v) is 6.69. The summed E-state index contributed by atoms with van der Waals surface area (Å²) in [6.45, 7) is 6.37. The number of benzene rings is 2. The smallest absolute Gasteiger partial charge is 0.150 e. The third kappa shape index (κ3) is 4.51. The Morgan fingerprint density at radius 3 is 2.86 bits per heavy atom. The molecule has 1 fully saturated rings. The van der Waals surface area contributed by atoms with Crippen molar-refractivity contribution < 1.29 is 0 Å². The van der Waals surface area contributed by atoms with Crippen LogP contribution >= 0.6 is 22.9 Å². The summed E-state index contributed by atoms with van der Waals surface area (Å²) in [4.78, 5) is 8.84. The van der Waals surface area contributed by atoms with Crippen LogP contribution in [0.4, 0.5) is 5.82 Å². The van der Waals surface area contributed by atoms with Crippen molar-refractivity contribution in [3.05, 3.63) is 76.3 Å². The van der Waals surface area contributed by atoms with Crippen molar-refractivity contribution in [2.45, 2.75) is 26.3 Å². The summed E-state index contributed by atoms with van der Waals surface area (Å²) < 4.78 is 3.17. The number of nitrogens with one attached hydrogen (secondary N) is 1. The van der Waals surface area contributed by atoms with E-state index in [2.05, 4.69) is 46.5 Å². The van der Waals surface area contributed by atoms with Crippen molar-refractivity contribution in [3.8, 4) is 11.3 Å². The number of aryl methyl sites for hydroxylation is 1.